The van der Waals surface area contributed by atoms with Gasteiger partial charge in [0.2, 0.25) is 0 Å². The molecular weight excluding hydrogens is 420 g/mol. The minimum absolute atomic E-state index is 0.180. The average molecular weight is 436 g/mol. The quantitative estimate of drug-likeness (QED) is 0.638. The summed E-state index contributed by atoms with van der Waals surface area (Å²) < 4.78 is 5.93. The third kappa shape index (κ3) is 4.08. The van der Waals surface area contributed by atoms with Gasteiger partial charge in [-0.2, -0.15) is 0 Å². The molecule has 5 nitrogen and oxygen atoms in total. The number of rotatable bonds is 5. The van der Waals surface area contributed by atoms with Crippen molar-refractivity contribution < 1.29 is 9.53 Å². The van der Waals surface area contributed by atoms with Crippen LogP contribution in [0.4, 0.5) is 0 Å². The van der Waals surface area contributed by atoms with Crippen LogP contribution in [0.3, 0.4) is 0 Å². The van der Waals surface area contributed by atoms with E-state index >= 15 is 0 Å². The fraction of sp³-hybridized carbons (Fsp3) is 0.158. The molecule has 0 saturated heterocycles. The number of amides is 1. The van der Waals surface area contributed by atoms with Gasteiger partial charge in [0, 0.05) is 22.6 Å². The zero-order valence-electron chi connectivity index (χ0n) is 13.9. The van der Waals surface area contributed by atoms with Gasteiger partial charge >= 0.3 is 0 Å². The molecule has 1 heterocycles. The topological polar surface area (TPSA) is 71.2 Å². The molecule has 7 heteroatoms. The number of methoxy groups -OCH3 is 1. The highest BCUT2D eigenvalue weighted by atomic mass is 79.9. The van der Waals surface area contributed by atoms with E-state index in [0.29, 0.717) is 40.4 Å². The number of aromatic nitrogens is 1. The molecule has 0 atom stereocenters. The number of aromatic amines is 1. The van der Waals surface area contributed by atoms with Crippen LogP contribution in [0.2, 0.25) is 5.02 Å². The number of hydrogen-bond acceptors (Lipinski definition) is 3. The standard InChI is InChI=1S/C19H16BrClN2O3/c1-26-14-4-2-11-8-12(18(24)23-17(11)10-14)6-7-22-19(25)15-9-13(20)3-5-16(15)21/h2-5,8-10H,6-7H2,1H3,(H,22,25)(H,23,24). The summed E-state index contributed by atoms with van der Waals surface area (Å²) in [6, 6.07) is 12.4. The Kier molecular flexibility index (Phi) is 5.64. The van der Waals surface area contributed by atoms with E-state index in [9.17, 15) is 9.59 Å². The molecule has 1 aromatic heterocycles. The highest BCUT2D eigenvalue weighted by Crippen LogP contribution is 2.21. The third-order valence-electron chi connectivity index (χ3n) is 3.98. The molecule has 0 unspecified atom stereocenters. The minimum atomic E-state index is -0.279. The van der Waals surface area contributed by atoms with Crippen molar-refractivity contribution in [3.8, 4) is 5.75 Å². The van der Waals surface area contributed by atoms with Crippen LogP contribution in [-0.4, -0.2) is 24.5 Å². The Morgan fingerprint density at radius 1 is 1.23 bits per heavy atom. The lowest BCUT2D eigenvalue weighted by Crippen LogP contribution is -2.27. The molecule has 0 aliphatic heterocycles. The maximum Gasteiger partial charge on any atom is 0.252 e. The van der Waals surface area contributed by atoms with E-state index in [1.165, 1.54) is 0 Å². The summed E-state index contributed by atoms with van der Waals surface area (Å²) in [6.07, 6.45) is 0.411. The number of fused-ring (bicyclic) bond motifs is 1. The molecule has 2 N–H and O–H groups in total. The molecule has 26 heavy (non-hydrogen) atoms. The van der Waals surface area contributed by atoms with Crippen molar-refractivity contribution in [2.75, 3.05) is 13.7 Å². The maximum absolute atomic E-state index is 12.3. The molecule has 2 aromatic carbocycles. The van der Waals surface area contributed by atoms with Crippen molar-refractivity contribution >= 4 is 44.3 Å². The molecule has 0 spiro atoms. The van der Waals surface area contributed by atoms with Crippen LogP contribution in [0.1, 0.15) is 15.9 Å². The summed E-state index contributed by atoms with van der Waals surface area (Å²) in [5.74, 6) is 0.400. The monoisotopic (exact) mass is 434 g/mol. The molecule has 3 aromatic rings. The zero-order valence-corrected chi connectivity index (χ0v) is 16.3. The van der Waals surface area contributed by atoms with E-state index in [0.717, 1.165) is 9.86 Å². The van der Waals surface area contributed by atoms with Gasteiger partial charge in [0.05, 0.1) is 23.2 Å². The van der Waals surface area contributed by atoms with E-state index in [-0.39, 0.29) is 11.5 Å². The summed E-state index contributed by atoms with van der Waals surface area (Å²) in [5.41, 5.74) is 1.52. The van der Waals surface area contributed by atoms with Crippen LogP contribution in [0.25, 0.3) is 10.9 Å². The molecular formula is C19H16BrClN2O3. The van der Waals surface area contributed by atoms with Gasteiger partial charge in [0.25, 0.3) is 11.5 Å². The van der Waals surface area contributed by atoms with Crippen molar-refractivity contribution in [1.82, 2.24) is 10.3 Å². The Bertz CT molecular complexity index is 1030. The second-order valence-corrected chi connectivity index (χ2v) is 7.03. The molecule has 0 bridgehead atoms. The number of carbonyl (C=O) groups excluding carboxylic acids is 1. The Labute approximate surface area is 163 Å². The average Bonchev–Trinajstić information content (AvgIpc) is 2.63. The van der Waals surface area contributed by atoms with Gasteiger partial charge in [0.1, 0.15) is 5.75 Å². The SMILES string of the molecule is COc1ccc2cc(CCNC(=O)c3cc(Br)ccc3Cl)c(=O)[nH]c2c1. The Hall–Kier alpha value is -2.31. The second-order valence-electron chi connectivity index (χ2n) is 5.71. The number of H-pyrrole nitrogens is 1. The van der Waals surface area contributed by atoms with E-state index in [1.54, 1.807) is 31.4 Å². The molecule has 0 aliphatic rings. The number of carbonyl (C=O) groups is 1. The van der Waals surface area contributed by atoms with Gasteiger partial charge in [-0.3, -0.25) is 9.59 Å². The number of ether oxygens (including phenoxy) is 1. The summed E-state index contributed by atoms with van der Waals surface area (Å²) in [6.45, 7) is 0.326. The second kappa shape index (κ2) is 7.93. The summed E-state index contributed by atoms with van der Waals surface area (Å²) >= 11 is 9.37. The molecule has 134 valence electrons. The van der Waals surface area contributed by atoms with E-state index in [1.807, 2.05) is 18.2 Å². The lowest BCUT2D eigenvalue weighted by molar-refractivity contribution is 0.0954. The molecule has 0 aliphatic carbocycles. The van der Waals surface area contributed by atoms with Crippen LogP contribution >= 0.6 is 27.5 Å². The summed E-state index contributed by atoms with van der Waals surface area (Å²) in [7, 11) is 1.58. The highest BCUT2D eigenvalue weighted by Gasteiger charge is 2.11. The predicted octanol–water partition coefficient (Wildman–Crippen LogP) is 3.93. The lowest BCUT2D eigenvalue weighted by atomic mass is 10.1. The van der Waals surface area contributed by atoms with E-state index in [4.69, 9.17) is 16.3 Å². The summed E-state index contributed by atoms with van der Waals surface area (Å²) in [5, 5.41) is 4.07. The fourth-order valence-corrected chi connectivity index (χ4v) is 3.18. The number of nitrogens with one attached hydrogen (secondary N) is 2. The molecule has 3 rings (SSSR count). The number of pyridine rings is 1. The van der Waals surface area contributed by atoms with E-state index in [2.05, 4.69) is 26.2 Å². The zero-order chi connectivity index (χ0) is 18.7. The number of halogens is 2. The molecule has 1 amide bonds. The van der Waals surface area contributed by atoms with Crippen LogP contribution in [0.15, 0.2) is 51.7 Å². The smallest absolute Gasteiger partial charge is 0.252 e. The Morgan fingerprint density at radius 2 is 2.04 bits per heavy atom. The minimum Gasteiger partial charge on any atom is -0.497 e. The lowest BCUT2D eigenvalue weighted by Gasteiger charge is -2.08. The first-order valence-corrected chi connectivity index (χ1v) is 9.08. The van der Waals surface area contributed by atoms with Crippen LogP contribution in [-0.2, 0) is 6.42 Å². The highest BCUT2D eigenvalue weighted by molar-refractivity contribution is 9.10. The number of benzene rings is 2. The molecule has 0 radical (unpaired) electrons. The first-order chi connectivity index (χ1) is 12.5. The van der Waals surface area contributed by atoms with E-state index < -0.39 is 0 Å². The van der Waals surface area contributed by atoms with Gasteiger partial charge in [-0.05, 0) is 48.2 Å². The van der Waals surface area contributed by atoms with Gasteiger partial charge in [-0.15, -0.1) is 0 Å². The van der Waals surface area contributed by atoms with Crippen LogP contribution in [0.5, 0.6) is 5.75 Å². The Morgan fingerprint density at radius 3 is 2.81 bits per heavy atom. The van der Waals surface area contributed by atoms with Gasteiger partial charge in [-0.1, -0.05) is 27.5 Å². The fourth-order valence-electron chi connectivity index (χ4n) is 2.62. The maximum atomic E-state index is 12.3. The first kappa shape index (κ1) is 18.5. The van der Waals surface area contributed by atoms with Crippen molar-refractivity contribution in [3.63, 3.8) is 0 Å². The molecule has 0 fully saturated rings. The van der Waals surface area contributed by atoms with Crippen LogP contribution < -0.4 is 15.6 Å². The van der Waals surface area contributed by atoms with Crippen molar-refractivity contribution in [2.45, 2.75) is 6.42 Å². The van der Waals surface area contributed by atoms with Crippen LogP contribution in [0, 0.1) is 0 Å². The van der Waals surface area contributed by atoms with Crippen molar-refractivity contribution in [1.29, 1.82) is 0 Å². The predicted molar refractivity (Wildman–Crippen MR) is 106 cm³/mol. The summed E-state index contributed by atoms with van der Waals surface area (Å²) in [4.78, 5) is 27.3. The third-order valence-corrected chi connectivity index (χ3v) is 4.81. The van der Waals surface area contributed by atoms with Gasteiger partial charge in [0.15, 0.2) is 0 Å². The van der Waals surface area contributed by atoms with Crippen molar-refractivity contribution in [2.24, 2.45) is 0 Å². The normalized spacial score (nSPS) is 10.7. The largest absolute Gasteiger partial charge is 0.497 e. The van der Waals surface area contributed by atoms with Gasteiger partial charge < -0.3 is 15.0 Å². The van der Waals surface area contributed by atoms with Gasteiger partial charge in [-0.25, -0.2) is 0 Å². The Balaban J connectivity index is 1.71. The first-order valence-electron chi connectivity index (χ1n) is 7.91. The van der Waals surface area contributed by atoms with Crippen molar-refractivity contribution in [3.05, 3.63) is 73.4 Å². The molecule has 0 saturated carbocycles. The number of hydrogen-bond donors (Lipinski definition) is 2.